The molecule has 0 aliphatic heterocycles. The Labute approximate surface area is 104 Å². The van der Waals surface area contributed by atoms with Gasteiger partial charge in [0.05, 0.1) is 0 Å². The molecule has 0 saturated heterocycles. The number of rotatable bonds is 4. The number of hydrogen-bond donors (Lipinski definition) is 1. The third kappa shape index (κ3) is 2.45. The molecule has 1 N–H and O–H groups in total. The van der Waals surface area contributed by atoms with Crippen LogP contribution in [0.15, 0.2) is 15.9 Å². The molecule has 0 aromatic carbocycles. The second-order valence-electron chi connectivity index (χ2n) is 5.09. The monoisotopic (exact) mass is 287 g/mol. The summed E-state index contributed by atoms with van der Waals surface area (Å²) in [6.07, 6.45) is 2.52. The smallest absolute Gasteiger partial charge is 0.0314 e. The molecule has 2 rings (SSSR count). The normalized spacial score (nSPS) is 25.2. The van der Waals surface area contributed by atoms with Crippen molar-refractivity contribution in [3.8, 4) is 0 Å². The fraction of sp³-hybridized carbons (Fsp3) is 0.667. The van der Waals surface area contributed by atoms with Gasteiger partial charge in [0.25, 0.3) is 0 Å². The predicted molar refractivity (Wildman–Crippen MR) is 70.5 cm³/mol. The Kier molecular flexibility index (Phi) is 3.25. The van der Waals surface area contributed by atoms with Crippen molar-refractivity contribution < 1.29 is 0 Å². The van der Waals surface area contributed by atoms with Crippen molar-refractivity contribution in [3.63, 3.8) is 0 Å². The summed E-state index contributed by atoms with van der Waals surface area (Å²) in [6.45, 7) is 4.73. The van der Waals surface area contributed by atoms with Crippen LogP contribution < -0.4 is 5.32 Å². The molecule has 0 bridgehead atoms. The average Bonchev–Trinajstić information content (AvgIpc) is 2.62. The number of likely N-dealkylation sites (N-methyl/N-ethyl adjacent to an activating group) is 1. The molecule has 1 aliphatic rings. The van der Waals surface area contributed by atoms with Crippen LogP contribution in [0, 0.1) is 11.3 Å². The van der Waals surface area contributed by atoms with E-state index in [9.17, 15) is 0 Å². The Morgan fingerprint density at radius 2 is 2.33 bits per heavy atom. The zero-order valence-electron chi connectivity index (χ0n) is 9.51. The average molecular weight is 288 g/mol. The van der Waals surface area contributed by atoms with E-state index in [1.807, 2.05) is 11.3 Å². The fourth-order valence-electron chi connectivity index (χ4n) is 2.31. The summed E-state index contributed by atoms with van der Waals surface area (Å²) in [6, 6.07) is 2.78. The zero-order chi connectivity index (χ0) is 11.1. The van der Waals surface area contributed by atoms with Crippen LogP contribution in [0.25, 0.3) is 0 Å². The van der Waals surface area contributed by atoms with Gasteiger partial charge in [-0.3, -0.25) is 0 Å². The zero-order valence-corrected chi connectivity index (χ0v) is 11.9. The number of halogens is 1. The van der Waals surface area contributed by atoms with Gasteiger partial charge in [-0.25, -0.2) is 0 Å². The summed E-state index contributed by atoms with van der Waals surface area (Å²) in [4.78, 5) is 1.47. The van der Waals surface area contributed by atoms with Gasteiger partial charge in [-0.1, -0.05) is 13.8 Å². The molecule has 1 fully saturated rings. The lowest BCUT2D eigenvalue weighted by molar-refractivity contribution is 0.427. The van der Waals surface area contributed by atoms with Crippen molar-refractivity contribution in [2.45, 2.75) is 32.7 Å². The van der Waals surface area contributed by atoms with E-state index in [0.29, 0.717) is 11.5 Å². The van der Waals surface area contributed by atoms with Gasteiger partial charge in [0.1, 0.15) is 0 Å². The first-order valence-electron chi connectivity index (χ1n) is 5.44. The highest BCUT2D eigenvalue weighted by atomic mass is 79.9. The fourth-order valence-corrected chi connectivity index (χ4v) is 3.88. The van der Waals surface area contributed by atoms with Gasteiger partial charge in [-0.2, -0.15) is 0 Å². The molecule has 0 spiro atoms. The highest BCUT2D eigenvalue weighted by molar-refractivity contribution is 9.10. The van der Waals surface area contributed by atoms with Gasteiger partial charge in [-0.05, 0) is 58.6 Å². The minimum atomic E-state index is 0.553. The maximum atomic E-state index is 3.60. The maximum Gasteiger partial charge on any atom is 0.0314 e. The molecule has 3 heteroatoms. The van der Waals surface area contributed by atoms with Crippen LogP contribution in [0.2, 0.25) is 0 Å². The Morgan fingerprint density at radius 1 is 1.67 bits per heavy atom. The lowest BCUT2D eigenvalue weighted by atomic mass is 10.0. The van der Waals surface area contributed by atoms with Crippen LogP contribution in [0.4, 0.5) is 0 Å². The van der Waals surface area contributed by atoms with Crippen LogP contribution >= 0.6 is 27.3 Å². The number of thiophene rings is 1. The van der Waals surface area contributed by atoms with Gasteiger partial charge in [0, 0.05) is 15.4 Å². The highest BCUT2D eigenvalue weighted by Crippen LogP contribution is 2.54. The van der Waals surface area contributed by atoms with Crippen LogP contribution in [-0.2, 0) is 6.42 Å². The topological polar surface area (TPSA) is 12.0 Å². The van der Waals surface area contributed by atoms with Gasteiger partial charge in [0.15, 0.2) is 0 Å². The first kappa shape index (κ1) is 11.6. The largest absolute Gasteiger partial charge is 0.316 e. The SMILES string of the molecule is CNC(Cc1sccc1Br)C1CC1(C)C. The van der Waals surface area contributed by atoms with E-state index in [-0.39, 0.29) is 0 Å². The van der Waals surface area contributed by atoms with E-state index in [1.54, 1.807) is 0 Å². The molecule has 2 atom stereocenters. The molecule has 0 amide bonds. The molecule has 1 nitrogen and oxygen atoms in total. The molecule has 1 heterocycles. The lowest BCUT2D eigenvalue weighted by Crippen LogP contribution is -2.31. The summed E-state index contributed by atoms with van der Waals surface area (Å²) < 4.78 is 1.27. The van der Waals surface area contributed by atoms with E-state index in [2.05, 4.69) is 53.6 Å². The van der Waals surface area contributed by atoms with Crippen molar-refractivity contribution in [3.05, 3.63) is 20.8 Å². The van der Waals surface area contributed by atoms with E-state index >= 15 is 0 Å². The van der Waals surface area contributed by atoms with Gasteiger partial charge < -0.3 is 5.32 Å². The number of nitrogens with one attached hydrogen (secondary N) is 1. The molecule has 1 saturated carbocycles. The van der Waals surface area contributed by atoms with E-state index in [0.717, 1.165) is 12.3 Å². The quantitative estimate of drug-likeness (QED) is 0.891. The second kappa shape index (κ2) is 4.19. The summed E-state index contributed by atoms with van der Waals surface area (Å²) in [5.74, 6) is 0.844. The minimum Gasteiger partial charge on any atom is -0.316 e. The van der Waals surface area contributed by atoms with Crippen molar-refractivity contribution >= 4 is 27.3 Å². The molecular weight excluding hydrogens is 270 g/mol. The van der Waals surface area contributed by atoms with Crippen molar-refractivity contribution in [2.75, 3.05) is 7.05 Å². The molecule has 0 radical (unpaired) electrons. The molecule has 1 aliphatic carbocycles. The molecule has 2 unspecified atom stereocenters. The van der Waals surface area contributed by atoms with Gasteiger partial charge in [-0.15, -0.1) is 11.3 Å². The molecule has 15 heavy (non-hydrogen) atoms. The van der Waals surface area contributed by atoms with E-state index in [1.165, 1.54) is 15.8 Å². The van der Waals surface area contributed by atoms with Gasteiger partial charge >= 0.3 is 0 Å². The molecule has 84 valence electrons. The van der Waals surface area contributed by atoms with E-state index in [4.69, 9.17) is 0 Å². The third-order valence-electron chi connectivity index (χ3n) is 3.54. The first-order chi connectivity index (χ1) is 7.04. The highest BCUT2D eigenvalue weighted by Gasteiger charge is 2.49. The summed E-state index contributed by atoms with van der Waals surface area (Å²) in [5.41, 5.74) is 0.553. The van der Waals surface area contributed by atoms with E-state index < -0.39 is 0 Å². The lowest BCUT2D eigenvalue weighted by Gasteiger charge is -2.17. The summed E-state index contributed by atoms with van der Waals surface area (Å²) in [7, 11) is 2.08. The Hall–Kier alpha value is 0.140. The van der Waals surface area contributed by atoms with Crippen LogP contribution in [0.3, 0.4) is 0 Å². The second-order valence-corrected chi connectivity index (χ2v) is 6.95. The molecule has 1 aromatic heterocycles. The van der Waals surface area contributed by atoms with Crippen LogP contribution in [0.5, 0.6) is 0 Å². The van der Waals surface area contributed by atoms with Crippen molar-refractivity contribution in [1.29, 1.82) is 0 Å². The van der Waals surface area contributed by atoms with Crippen molar-refractivity contribution in [2.24, 2.45) is 11.3 Å². The standard InChI is InChI=1S/C12H18BrNS/c1-12(2)7-8(12)10(14-3)6-11-9(13)4-5-15-11/h4-5,8,10,14H,6-7H2,1-3H3. The Morgan fingerprint density at radius 3 is 2.73 bits per heavy atom. The summed E-state index contributed by atoms with van der Waals surface area (Å²) in [5, 5.41) is 5.63. The predicted octanol–water partition coefficient (Wildman–Crippen LogP) is 3.69. The summed E-state index contributed by atoms with van der Waals surface area (Å²) >= 11 is 5.46. The Bertz CT molecular complexity index is 345. The van der Waals surface area contributed by atoms with Crippen LogP contribution in [0.1, 0.15) is 25.1 Å². The Balaban J connectivity index is 2.01. The first-order valence-corrected chi connectivity index (χ1v) is 7.11. The molecular formula is C12H18BrNS. The minimum absolute atomic E-state index is 0.553. The molecule has 1 aromatic rings. The van der Waals surface area contributed by atoms with Crippen LogP contribution in [-0.4, -0.2) is 13.1 Å². The van der Waals surface area contributed by atoms with Gasteiger partial charge in [0.2, 0.25) is 0 Å². The van der Waals surface area contributed by atoms with Crippen molar-refractivity contribution in [1.82, 2.24) is 5.32 Å². The third-order valence-corrected chi connectivity index (χ3v) is 5.49. The maximum absolute atomic E-state index is 3.60. The number of hydrogen-bond acceptors (Lipinski definition) is 2.